The molecule has 0 radical (unpaired) electrons. The van der Waals surface area contributed by atoms with E-state index >= 15 is 0 Å². The van der Waals surface area contributed by atoms with Gasteiger partial charge in [-0.2, -0.15) is 5.10 Å². The molecule has 2 aromatic rings. The summed E-state index contributed by atoms with van der Waals surface area (Å²) in [7, 11) is 0. The van der Waals surface area contributed by atoms with E-state index in [2.05, 4.69) is 16.0 Å². The molecule has 1 fully saturated rings. The minimum atomic E-state index is 0.504. The molecule has 1 saturated carbocycles. The second-order valence-electron chi connectivity index (χ2n) is 5.44. The molecule has 0 bridgehead atoms. The van der Waals surface area contributed by atoms with E-state index in [4.69, 9.17) is 10.5 Å². The maximum atomic E-state index is 5.72. The highest BCUT2D eigenvalue weighted by molar-refractivity contribution is 5.41. The summed E-state index contributed by atoms with van der Waals surface area (Å²) in [6.45, 7) is 0.504. The molecule has 106 valence electrons. The molecular weight excluding hydrogens is 250 g/mol. The third-order valence-corrected chi connectivity index (χ3v) is 3.88. The zero-order valence-corrected chi connectivity index (χ0v) is 11.7. The smallest absolute Gasteiger partial charge is 0.132 e. The number of benzene rings is 1. The number of anilines is 1. The van der Waals surface area contributed by atoms with E-state index in [9.17, 15) is 0 Å². The van der Waals surface area contributed by atoms with Crippen LogP contribution < -0.4 is 10.5 Å². The minimum absolute atomic E-state index is 0.504. The summed E-state index contributed by atoms with van der Waals surface area (Å²) in [5, 5.41) is 4.63. The van der Waals surface area contributed by atoms with Crippen LogP contribution in [0.2, 0.25) is 0 Å². The van der Waals surface area contributed by atoms with Gasteiger partial charge >= 0.3 is 0 Å². The van der Waals surface area contributed by atoms with Gasteiger partial charge in [0.15, 0.2) is 0 Å². The number of hydrogen-bond acceptors (Lipinski definition) is 3. The molecule has 1 aromatic heterocycles. The van der Waals surface area contributed by atoms with Crippen molar-refractivity contribution in [3.8, 4) is 5.75 Å². The number of hydrogen-bond donors (Lipinski definition) is 1. The number of aromatic nitrogens is 2. The molecule has 4 nitrogen and oxygen atoms in total. The van der Waals surface area contributed by atoms with E-state index in [-0.39, 0.29) is 0 Å². The highest BCUT2D eigenvalue weighted by atomic mass is 16.5. The molecule has 3 rings (SSSR count). The van der Waals surface area contributed by atoms with Crippen LogP contribution in [-0.4, -0.2) is 9.78 Å². The second-order valence-corrected chi connectivity index (χ2v) is 5.44. The fourth-order valence-corrected chi connectivity index (χ4v) is 2.72. The van der Waals surface area contributed by atoms with Gasteiger partial charge in [-0.25, -0.2) is 0 Å². The van der Waals surface area contributed by atoms with Gasteiger partial charge < -0.3 is 10.5 Å². The molecule has 20 heavy (non-hydrogen) atoms. The van der Waals surface area contributed by atoms with Crippen LogP contribution in [0.5, 0.6) is 5.75 Å². The Morgan fingerprint density at radius 1 is 1.10 bits per heavy atom. The highest BCUT2D eigenvalue weighted by Crippen LogP contribution is 2.27. The normalized spacial score (nSPS) is 16.2. The Labute approximate surface area is 119 Å². The van der Waals surface area contributed by atoms with Crippen molar-refractivity contribution in [3.63, 3.8) is 0 Å². The topological polar surface area (TPSA) is 53.1 Å². The average molecular weight is 271 g/mol. The van der Waals surface area contributed by atoms with Crippen molar-refractivity contribution in [3.05, 3.63) is 42.2 Å². The van der Waals surface area contributed by atoms with E-state index in [0.717, 1.165) is 17.1 Å². The molecule has 0 amide bonds. The van der Waals surface area contributed by atoms with Gasteiger partial charge in [0.2, 0.25) is 0 Å². The van der Waals surface area contributed by atoms with Gasteiger partial charge in [0, 0.05) is 11.9 Å². The summed E-state index contributed by atoms with van der Waals surface area (Å²) in [6, 6.07) is 10.1. The van der Waals surface area contributed by atoms with Crippen molar-refractivity contribution in [1.29, 1.82) is 0 Å². The Balaban J connectivity index is 1.58. The first-order valence-corrected chi connectivity index (χ1v) is 7.33. The lowest BCUT2D eigenvalue weighted by atomic mass is 9.96. The Morgan fingerprint density at radius 2 is 1.85 bits per heavy atom. The maximum Gasteiger partial charge on any atom is 0.132 e. The zero-order chi connectivity index (χ0) is 13.8. The summed E-state index contributed by atoms with van der Waals surface area (Å²) < 4.78 is 7.83. The molecule has 1 aliphatic carbocycles. The second kappa shape index (κ2) is 5.99. The van der Waals surface area contributed by atoms with Crippen LogP contribution in [0, 0.1) is 0 Å². The zero-order valence-electron chi connectivity index (χ0n) is 11.7. The largest absolute Gasteiger partial charge is 0.487 e. The molecule has 0 saturated heterocycles. The predicted molar refractivity (Wildman–Crippen MR) is 79.5 cm³/mol. The highest BCUT2D eigenvalue weighted by Gasteiger charge is 2.15. The van der Waals surface area contributed by atoms with Gasteiger partial charge in [-0.15, -0.1) is 0 Å². The Bertz CT molecular complexity index is 541. The van der Waals surface area contributed by atoms with Crippen molar-refractivity contribution in [1.82, 2.24) is 9.78 Å². The van der Waals surface area contributed by atoms with Gasteiger partial charge in [0.1, 0.15) is 12.4 Å². The summed E-state index contributed by atoms with van der Waals surface area (Å²) in [5.74, 6) is 0.825. The first-order chi connectivity index (χ1) is 9.81. The van der Waals surface area contributed by atoms with Crippen molar-refractivity contribution in [2.75, 3.05) is 5.73 Å². The lowest BCUT2D eigenvalue weighted by Gasteiger charge is -2.21. The number of nitrogen functional groups attached to an aromatic ring is 1. The summed E-state index contributed by atoms with van der Waals surface area (Å²) in [5.41, 5.74) is 7.38. The summed E-state index contributed by atoms with van der Waals surface area (Å²) in [4.78, 5) is 0. The van der Waals surface area contributed by atoms with Crippen LogP contribution in [0.1, 0.15) is 43.8 Å². The third kappa shape index (κ3) is 3.13. The fraction of sp³-hybridized carbons (Fsp3) is 0.438. The van der Waals surface area contributed by atoms with E-state index in [1.807, 2.05) is 30.3 Å². The number of ether oxygens (including phenoxy) is 1. The third-order valence-electron chi connectivity index (χ3n) is 3.88. The molecule has 1 heterocycles. The van der Waals surface area contributed by atoms with E-state index in [1.54, 1.807) is 0 Å². The monoisotopic (exact) mass is 271 g/mol. The number of nitrogens with two attached hydrogens (primary N) is 1. The average Bonchev–Trinajstić information content (AvgIpc) is 2.97. The standard InChI is InChI=1S/C16H21N3O/c17-13-6-8-16(9-7-13)20-12-14-10-11-19(18-14)15-4-2-1-3-5-15/h6-11,15H,1-5,12,17H2. The van der Waals surface area contributed by atoms with Gasteiger partial charge in [-0.1, -0.05) is 19.3 Å². The van der Waals surface area contributed by atoms with E-state index < -0.39 is 0 Å². The quantitative estimate of drug-likeness (QED) is 0.865. The van der Waals surface area contributed by atoms with Crippen LogP contribution >= 0.6 is 0 Å². The first kappa shape index (κ1) is 13.0. The molecule has 0 aliphatic heterocycles. The molecule has 2 N–H and O–H groups in total. The summed E-state index contributed by atoms with van der Waals surface area (Å²) in [6.07, 6.45) is 8.59. The molecule has 0 atom stereocenters. The predicted octanol–water partition coefficient (Wildman–Crippen LogP) is 3.55. The van der Waals surface area contributed by atoms with Gasteiger partial charge in [-0.05, 0) is 43.2 Å². The minimum Gasteiger partial charge on any atom is -0.487 e. The van der Waals surface area contributed by atoms with Gasteiger partial charge in [0.05, 0.1) is 11.7 Å². The van der Waals surface area contributed by atoms with Crippen LogP contribution in [0.3, 0.4) is 0 Å². The molecular formula is C16H21N3O. The van der Waals surface area contributed by atoms with Crippen LogP contribution in [0.25, 0.3) is 0 Å². The van der Waals surface area contributed by atoms with Gasteiger partial charge in [0.25, 0.3) is 0 Å². The lowest BCUT2D eigenvalue weighted by Crippen LogP contribution is -2.13. The van der Waals surface area contributed by atoms with Crippen molar-refractivity contribution in [2.24, 2.45) is 0 Å². The van der Waals surface area contributed by atoms with Crippen molar-refractivity contribution >= 4 is 5.69 Å². The maximum absolute atomic E-state index is 5.72. The van der Waals surface area contributed by atoms with Crippen LogP contribution in [-0.2, 0) is 6.61 Å². The molecule has 1 aliphatic rings. The molecule has 4 heteroatoms. The molecule has 0 spiro atoms. The van der Waals surface area contributed by atoms with Crippen LogP contribution in [0.4, 0.5) is 5.69 Å². The van der Waals surface area contributed by atoms with Crippen molar-refractivity contribution in [2.45, 2.75) is 44.8 Å². The number of rotatable bonds is 4. The van der Waals surface area contributed by atoms with Gasteiger partial charge in [-0.3, -0.25) is 4.68 Å². The Kier molecular flexibility index (Phi) is 3.90. The SMILES string of the molecule is Nc1ccc(OCc2ccn(C3CCCCC3)n2)cc1. The van der Waals surface area contributed by atoms with E-state index in [1.165, 1.54) is 32.1 Å². The van der Waals surface area contributed by atoms with Crippen molar-refractivity contribution < 1.29 is 4.74 Å². The number of nitrogens with zero attached hydrogens (tertiary/aromatic N) is 2. The first-order valence-electron chi connectivity index (χ1n) is 7.33. The molecule has 0 unspecified atom stereocenters. The fourth-order valence-electron chi connectivity index (χ4n) is 2.72. The lowest BCUT2D eigenvalue weighted by molar-refractivity contribution is 0.291. The molecule has 1 aromatic carbocycles. The van der Waals surface area contributed by atoms with Crippen LogP contribution in [0.15, 0.2) is 36.5 Å². The Morgan fingerprint density at radius 3 is 2.60 bits per heavy atom. The Hall–Kier alpha value is -1.97. The van der Waals surface area contributed by atoms with E-state index in [0.29, 0.717) is 12.6 Å². The summed E-state index contributed by atoms with van der Waals surface area (Å²) >= 11 is 0.